The molecule has 1 aliphatic heterocycles. The van der Waals surface area contributed by atoms with Crippen molar-refractivity contribution < 1.29 is 24.5 Å². The summed E-state index contributed by atoms with van der Waals surface area (Å²) in [6.07, 6.45) is 0.0963. The Balaban J connectivity index is 1.67. The second kappa shape index (κ2) is 7.74. The Kier molecular flexibility index (Phi) is 5.00. The van der Waals surface area contributed by atoms with Crippen LogP contribution < -0.4 is 4.74 Å². The third-order valence-corrected chi connectivity index (χ3v) is 4.91. The molecule has 142 valence electrons. The van der Waals surface area contributed by atoms with Crippen molar-refractivity contribution in [2.45, 2.75) is 19.1 Å². The lowest BCUT2D eigenvalue weighted by Gasteiger charge is -2.20. The first-order valence-electron chi connectivity index (χ1n) is 9.10. The Morgan fingerprint density at radius 1 is 1.04 bits per heavy atom. The molecule has 0 saturated heterocycles. The maximum absolute atomic E-state index is 11.5. The molecule has 28 heavy (non-hydrogen) atoms. The van der Waals surface area contributed by atoms with Gasteiger partial charge in [0.15, 0.2) is 0 Å². The van der Waals surface area contributed by atoms with Crippen LogP contribution in [0.5, 0.6) is 11.5 Å². The number of para-hydroxylation sites is 1. The molecule has 1 atom stereocenters. The third-order valence-electron chi connectivity index (χ3n) is 4.91. The molecule has 0 fully saturated rings. The van der Waals surface area contributed by atoms with Crippen molar-refractivity contribution in [1.82, 2.24) is 0 Å². The van der Waals surface area contributed by atoms with E-state index in [1.807, 2.05) is 36.4 Å². The van der Waals surface area contributed by atoms with Crippen LogP contribution in [0.3, 0.4) is 0 Å². The topological polar surface area (TPSA) is 76.0 Å². The SMILES string of the molecule is O=C(O)c1ccc2c(c1)C(OCCc1ccccc1O)c1ccccc1CO2. The first-order chi connectivity index (χ1) is 13.6. The Labute approximate surface area is 162 Å². The first kappa shape index (κ1) is 18.1. The molecule has 1 heterocycles. The van der Waals surface area contributed by atoms with Crippen LogP contribution in [0.15, 0.2) is 66.7 Å². The first-order valence-corrected chi connectivity index (χ1v) is 9.10. The molecule has 0 amide bonds. The lowest BCUT2D eigenvalue weighted by molar-refractivity contribution is 0.0694. The van der Waals surface area contributed by atoms with Gasteiger partial charge in [-0.1, -0.05) is 42.5 Å². The Morgan fingerprint density at radius 2 is 1.82 bits per heavy atom. The van der Waals surface area contributed by atoms with Gasteiger partial charge in [-0.05, 0) is 47.4 Å². The van der Waals surface area contributed by atoms with Crippen LogP contribution in [0.1, 0.15) is 38.7 Å². The highest BCUT2D eigenvalue weighted by atomic mass is 16.5. The second-order valence-electron chi connectivity index (χ2n) is 6.67. The molecule has 0 bridgehead atoms. The van der Waals surface area contributed by atoms with Crippen molar-refractivity contribution >= 4 is 5.97 Å². The van der Waals surface area contributed by atoms with Crippen LogP contribution in [-0.2, 0) is 17.8 Å². The van der Waals surface area contributed by atoms with Crippen molar-refractivity contribution in [1.29, 1.82) is 0 Å². The molecule has 0 spiro atoms. The number of hydrogen-bond donors (Lipinski definition) is 2. The maximum atomic E-state index is 11.5. The van der Waals surface area contributed by atoms with E-state index in [4.69, 9.17) is 9.47 Å². The highest BCUT2D eigenvalue weighted by molar-refractivity contribution is 5.88. The predicted octanol–water partition coefficient (Wildman–Crippen LogP) is 4.33. The molecular formula is C23H20O5. The fourth-order valence-electron chi connectivity index (χ4n) is 3.45. The summed E-state index contributed by atoms with van der Waals surface area (Å²) in [6, 6.07) is 19.8. The van der Waals surface area contributed by atoms with Gasteiger partial charge >= 0.3 is 5.97 Å². The minimum Gasteiger partial charge on any atom is -0.508 e. The second-order valence-corrected chi connectivity index (χ2v) is 6.67. The Hall–Kier alpha value is -3.31. The van der Waals surface area contributed by atoms with Crippen molar-refractivity contribution in [2.24, 2.45) is 0 Å². The summed E-state index contributed by atoms with van der Waals surface area (Å²) in [5.41, 5.74) is 3.66. The van der Waals surface area contributed by atoms with Gasteiger partial charge in [0.1, 0.15) is 24.2 Å². The van der Waals surface area contributed by atoms with E-state index in [2.05, 4.69) is 0 Å². The zero-order valence-corrected chi connectivity index (χ0v) is 15.2. The Morgan fingerprint density at radius 3 is 2.64 bits per heavy atom. The minimum atomic E-state index is -0.992. The van der Waals surface area contributed by atoms with E-state index in [0.717, 1.165) is 16.7 Å². The van der Waals surface area contributed by atoms with Gasteiger partial charge < -0.3 is 19.7 Å². The van der Waals surface area contributed by atoms with Crippen LogP contribution in [0.4, 0.5) is 0 Å². The number of benzene rings is 3. The maximum Gasteiger partial charge on any atom is 0.335 e. The molecular weight excluding hydrogens is 356 g/mol. The average molecular weight is 376 g/mol. The van der Waals surface area contributed by atoms with E-state index in [1.54, 1.807) is 24.3 Å². The van der Waals surface area contributed by atoms with E-state index in [-0.39, 0.29) is 11.3 Å². The molecule has 4 rings (SSSR count). The molecule has 0 saturated carbocycles. The zero-order chi connectivity index (χ0) is 19.5. The molecule has 5 nitrogen and oxygen atoms in total. The average Bonchev–Trinajstić information content (AvgIpc) is 2.86. The summed E-state index contributed by atoms with van der Waals surface area (Å²) < 4.78 is 12.1. The molecule has 0 aliphatic carbocycles. The minimum absolute atomic E-state index is 0.191. The van der Waals surface area contributed by atoms with E-state index < -0.39 is 12.1 Å². The molecule has 1 unspecified atom stereocenters. The number of fused-ring (bicyclic) bond motifs is 2. The van der Waals surface area contributed by atoms with E-state index in [1.165, 1.54) is 6.07 Å². The largest absolute Gasteiger partial charge is 0.508 e. The number of aromatic carboxylic acids is 1. The quantitative estimate of drug-likeness (QED) is 0.693. The van der Waals surface area contributed by atoms with Crippen molar-refractivity contribution in [3.8, 4) is 11.5 Å². The fraction of sp³-hybridized carbons (Fsp3) is 0.174. The lowest BCUT2D eigenvalue weighted by Crippen LogP contribution is -2.11. The number of hydrogen-bond acceptors (Lipinski definition) is 4. The number of phenols is 1. The smallest absolute Gasteiger partial charge is 0.335 e. The molecule has 3 aromatic carbocycles. The van der Waals surface area contributed by atoms with Gasteiger partial charge in [0, 0.05) is 5.56 Å². The number of ether oxygens (including phenoxy) is 2. The molecule has 0 aromatic heterocycles. The van der Waals surface area contributed by atoms with Crippen LogP contribution >= 0.6 is 0 Å². The van der Waals surface area contributed by atoms with Crippen LogP contribution in [0.2, 0.25) is 0 Å². The molecule has 3 aromatic rings. The van der Waals surface area contributed by atoms with E-state index in [0.29, 0.717) is 30.9 Å². The molecule has 5 heteroatoms. The predicted molar refractivity (Wildman–Crippen MR) is 104 cm³/mol. The van der Waals surface area contributed by atoms with Crippen molar-refractivity contribution in [3.63, 3.8) is 0 Å². The van der Waals surface area contributed by atoms with Gasteiger partial charge in [-0.25, -0.2) is 4.79 Å². The highest BCUT2D eigenvalue weighted by Gasteiger charge is 2.26. The van der Waals surface area contributed by atoms with Crippen LogP contribution in [-0.4, -0.2) is 22.8 Å². The third kappa shape index (κ3) is 3.57. The van der Waals surface area contributed by atoms with Gasteiger partial charge in [-0.15, -0.1) is 0 Å². The van der Waals surface area contributed by atoms with Crippen LogP contribution in [0, 0.1) is 0 Å². The number of aromatic hydroxyl groups is 1. The van der Waals surface area contributed by atoms with Gasteiger partial charge in [-0.2, -0.15) is 0 Å². The van der Waals surface area contributed by atoms with Gasteiger partial charge in [0.25, 0.3) is 0 Å². The van der Waals surface area contributed by atoms with Crippen molar-refractivity contribution in [2.75, 3.05) is 6.61 Å². The zero-order valence-electron chi connectivity index (χ0n) is 15.2. The normalized spacial score (nSPS) is 15.1. The summed E-state index contributed by atoms with van der Waals surface area (Å²) in [5, 5.41) is 19.3. The van der Waals surface area contributed by atoms with Gasteiger partial charge in [-0.3, -0.25) is 0 Å². The number of carboxylic acids is 1. The monoisotopic (exact) mass is 376 g/mol. The number of carbonyl (C=O) groups is 1. The van der Waals surface area contributed by atoms with Crippen molar-refractivity contribution in [3.05, 3.63) is 94.5 Å². The summed E-state index contributed by atoms with van der Waals surface area (Å²) in [4.78, 5) is 11.5. The summed E-state index contributed by atoms with van der Waals surface area (Å²) in [5.74, 6) is -0.133. The molecule has 1 aliphatic rings. The highest BCUT2D eigenvalue weighted by Crippen LogP contribution is 2.38. The standard InChI is InChI=1S/C23H20O5/c24-20-8-4-2-5-15(20)11-12-27-22-18-7-3-1-6-17(18)14-28-21-10-9-16(23(25)26)13-19(21)22/h1-10,13,22,24H,11-12,14H2,(H,25,26). The molecule has 2 N–H and O–H groups in total. The van der Waals surface area contributed by atoms with Gasteiger partial charge in [0.05, 0.1) is 12.2 Å². The number of carboxylic acid groups (broad SMARTS) is 1. The summed E-state index contributed by atoms with van der Waals surface area (Å²) in [7, 11) is 0. The molecule has 0 radical (unpaired) electrons. The number of phenolic OH excluding ortho intramolecular Hbond substituents is 1. The Bertz CT molecular complexity index is 1010. The summed E-state index contributed by atoms with van der Waals surface area (Å²) in [6.45, 7) is 0.766. The number of rotatable bonds is 5. The van der Waals surface area contributed by atoms with E-state index in [9.17, 15) is 15.0 Å². The van der Waals surface area contributed by atoms with E-state index >= 15 is 0 Å². The lowest BCUT2D eigenvalue weighted by atomic mass is 9.96. The van der Waals surface area contributed by atoms with Crippen LogP contribution in [0.25, 0.3) is 0 Å². The van der Waals surface area contributed by atoms with Gasteiger partial charge in [0.2, 0.25) is 0 Å². The fourth-order valence-corrected chi connectivity index (χ4v) is 3.45. The summed E-state index contributed by atoms with van der Waals surface area (Å²) >= 11 is 0.